The van der Waals surface area contributed by atoms with Crippen LogP contribution in [0.2, 0.25) is 0 Å². The lowest BCUT2D eigenvalue weighted by Gasteiger charge is -2.40. The second kappa shape index (κ2) is 6.41. The summed E-state index contributed by atoms with van der Waals surface area (Å²) >= 11 is 0. The molecule has 2 N–H and O–H groups in total. The van der Waals surface area contributed by atoms with Crippen molar-refractivity contribution in [3.63, 3.8) is 0 Å². The molecule has 3 atom stereocenters. The van der Waals surface area contributed by atoms with E-state index in [4.69, 9.17) is 4.74 Å². The lowest BCUT2D eigenvalue weighted by molar-refractivity contribution is -0.145. The monoisotopic (exact) mass is 284 g/mol. The summed E-state index contributed by atoms with van der Waals surface area (Å²) in [5.41, 5.74) is -0.741. The van der Waals surface area contributed by atoms with Crippen LogP contribution < -0.4 is 5.32 Å². The Balaban J connectivity index is 2.07. The van der Waals surface area contributed by atoms with E-state index in [0.29, 0.717) is 18.5 Å². The summed E-state index contributed by atoms with van der Waals surface area (Å²) in [5.74, 6) is -0.699. The third kappa shape index (κ3) is 3.15. The number of hydrogen-bond donors (Lipinski definition) is 2. The zero-order chi connectivity index (χ0) is 14.8. The van der Waals surface area contributed by atoms with E-state index < -0.39 is 11.5 Å². The number of ether oxygens (including phenoxy) is 1. The minimum absolute atomic E-state index is 0.191. The van der Waals surface area contributed by atoms with Gasteiger partial charge in [-0.2, -0.15) is 0 Å². The highest BCUT2D eigenvalue weighted by Gasteiger charge is 2.48. The molecule has 5 heteroatoms. The zero-order valence-electron chi connectivity index (χ0n) is 12.9. The number of morpholine rings is 1. The molecule has 2 aliphatic rings. The summed E-state index contributed by atoms with van der Waals surface area (Å²) in [5, 5.41) is 12.9. The van der Waals surface area contributed by atoms with Crippen LogP contribution in [-0.4, -0.2) is 59.4 Å². The van der Waals surface area contributed by atoms with Gasteiger partial charge in [0.05, 0.1) is 13.2 Å². The Kier molecular flexibility index (Phi) is 5.04. The molecule has 20 heavy (non-hydrogen) atoms. The number of carboxylic acids is 1. The van der Waals surface area contributed by atoms with Crippen molar-refractivity contribution in [1.82, 2.24) is 10.2 Å². The van der Waals surface area contributed by atoms with Crippen molar-refractivity contribution in [3.8, 4) is 0 Å². The van der Waals surface area contributed by atoms with Gasteiger partial charge in [-0.05, 0) is 39.5 Å². The van der Waals surface area contributed by atoms with Gasteiger partial charge >= 0.3 is 5.97 Å². The van der Waals surface area contributed by atoms with Crippen LogP contribution in [0.25, 0.3) is 0 Å². The molecule has 0 spiro atoms. The van der Waals surface area contributed by atoms with E-state index in [9.17, 15) is 9.90 Å². The van der Waals surface area contributed by atoms with E-state index in [1.165, 1.54) is 0 Å². The smallest absolute Gasteiger partial charge is 0.323 e. The van der Waals surface area contributed by atoms with Crippen LogP contribution in [0.15, 0.2) is 0 Å². The molecule has 1 aliphatic heterocycles. The molecule has 0 aromatic heterocycles. The first-order chi connectivity index (χ1) is 9.48. The van der Waals surface area contributed by atoms with Crippen molar-refractivity contribution in [2.75, 3.05) is 19.8 Å². The molecule has 1 saturated heterocycles. The molecule has 1 saturated carbocycles. The van der Waals surface area contributed by atoms with Crippen LogP contribution in [0.1, 0.15) is 46.5 Å². The van der Waals surface area contributed by atoms with Gasteiger partial charge in [0, 0.05) is 24.7 Å². The quantitative estimate of drug-likeness (QED) is 0.800. The molecule has 1 aliphatic carbocycles. The first-order valence-corrected chi connectivity index (χ1v) is 7.83. The Morgan fingerprint density at radius 2 is 2.30 bits per heavy atom. The third-order valence-electron chi connectivity index (χ3n) is 4.68. The van der Waals surface area contributed by atoms with Gasteiger partial charge in [-0.3, -0.25) is 15.0 Å². The Labute approximate surface area is 121 Å². The predicted molar refractivity (Wildman–Crippen MR) is 77.9 cm³/mol. The highest BCUT2D eigenvalue weighted by Crippen LogP contribution is 2.35. The number of rotatable bonds is 5. The Hall–Kier alpha value is -0.650. The van der Waals surface area contributed by atoms with Crippen LogP contribution in [0.4, 0.5) is 0 Å². The summed E-state index contributed by atoms with van der Waals surface area (Å²) in [4.78, 5) is 14.2. The van der Waals surface area contributed by atoms with Gasteiger partial charge in [0.2, 0.25) is 0 Å². The second-order valence-electron chi connectivity index (χ2n) is 6.46. The molecule has 116 valence electrons. The van der Waals surface area contributed by atoms with Crippen molar-refractivity contribution >= 4 is 5.97 Å². The minimum atomic E-state index is -0.741. The highest BCUT2D eigenvalue weighted by molar-refractivity contribution is 5.79. The second-order valence-corrected chi connectivity index (χ2v) is 6.46. The number of aliphatic carboxylic acids is 1. The van der Waals surface area contributed by atoms with Crippen molar-refractivity contribution in [2.24, 2.45) is 0 Å². The van der Waals surface area contributed by atoms with Crippen LogP contribution >= 0.6 is 0 Å². The highest BCUT2D eigenvalue weighted by atomic mass is 16.5. The Morgan fingerprint density at radius 1 is 1.55 bits per heavy atom. The molecule has 2 fully saturated rings. The molecule has 3 unspecified atom stereocenters. The van der Waals surface area contributed by atoms with Crippen molar-refractivity contribution in [1.29, 1.82) is 0 Å². The molecule has 0 amide bonds. The number of hydrogen-bond acceptors (Lipinski definition) is 4. The maximum absolute atomic E-state index is 11.7. The molecular formula is C15H28N2O3. The van der Waals surface area contributed by atoms with Crippen LogP contribution in [0.3, 0.4) is 0 Å². The van der Waals surface area contributed by atoms with Gasteiger partial charge in [0.25, 0.3) is 0 Å². The van der Waals surface area contributed by atoms with Crippen LogP contribution in [0, 0.1) is 0 Å². The van der Waals surface area contributed by atoms with E-state index in [1.807, 2.05) is 13.8 Å². The van der Waals surface area contributed by atoms with Crippen LogP contribution in [0.5, 0.6) is 0 Å². The lowest BCUT2D eigenvalue weighted by Crippen LogP contribution is -2.55. The largest absolute Gasteiger partial charge is 0.480 e. The van der Waals surface area contributed by atoms with E-state index in [0.717, 1.165) is 39.0 Å². The van der Waals surface area contributed by atoms with Gasteiger partial charge in [0.15, 0.2) is 0 Å². The maximum atomic E-state index is 11.7. The normalized spacial score (nSPS) is 35.6. The van der Waals surface area contributed by atoms with Gasteiger partial charge in [-0.15, -0.1) is 0 Å². The number of carbonyl (C=O) groups is 1. The maximum Gasteiger partial charge on any atom is 0.323 e. The summed E-state index contributed by atoms with van der Waals surface area (Å²) in [6.45, 7) is 8.69. The Bertz CT molecular complexity index is 348. The van der Waals surface area contributed by atoms with E-state index >= 15 is 0 Å². The number of carboxylic acid groups (broad SMARTS) is 1. The minimum Gasteiger partial charge on any atom is -0.480 e. The van der Waals surface area contributed by atoms with E-state index in [1.54, 1.807) is 0 Å². The summed E-state index contributed by atoms with van der Waals surface area (Å²) in [7, 11) is 0. The van der Waals surface area contributed by atoms with Gasteiger partial charge in [-0.1, -0.05) is 6.92 Å². The van der Waals surface area contributed by atoms with Crippen LogP contribution in [-0.2, 0) is 9.53 Å². The van der Waals surface area contributed by atoms with Crippen molar-refractivity contribution in [2.45, 2.75) is 70.1 Å². The Morgan fingerprint density at radius 3 is 2.90 bits per heavy atom. The van der Waals surface area contributed by atoms with Gasteiger partial charge in [0.1, 0.15) is 5.54 Å². The standard InChI is InChI=1S/C15H28N2O3/c1-4-12-10-20-8-7-17(12)13-5-6-15(9-13,14(18)19)16-11(2)3/h11-13,16H,4-10H2,1-3H3,(H,18,19). The number of nitrogens with zero attached hydrogens (tertiary/aromatic N) is 1. The predicted octanol–water partition coefficient (Wildman–Crippen LogP) is 1.47. The summed E-state index contributed by atoms with van der Waals surface area (Å²) in [6, 6.07) is 1.00. The molecule has 0 radical (unpaired) electrons. The molecule has 1 heterocycles. The average Bonchev–Trinajstić information content (AvgIpc) is 2.83. The summed E-state index contributed by atoms with van der Waals surface area (Å²) < 4.78 is 5.55. The fourth-order valence-corrected chi connectivity index (χ4v) is 3.74. The summed E-state index contributed by atoms with van der Waals surface area (Å²) in [6.07, 6.45) is 3.45. The molecule has 0 aromatic carbocycles. The fourth-order valence-electron chi connectivity index (χ4n) is 3.74. The number of nitrogens with one attached hydrogen (secondary N) is 1. The molecular weight excluding hydrogens is 256 g/mol. The SMILES string of the molecule is CCC1COCCN1C1CCC(NC(C)C)(C(=O)O)C1. The molecule has 0 bridgehead atoms. The van der Waals surface area contributed by atoms with E-state index in [-0.39, 0.29) is 6.04 Å². The molecule has 5 nitrogen and oxygen atoms in total. The third-order valence-corrected chi connectivity index (χ3v) is 4.68. The molecule has 0 aromatic rings. The first-order valence-electron chi connectivity index (χ1n) is 7.83. The van der Waals surface area contributed by atoms with Crippen molar-refractivity contribution < 1.29 is 14.6 Å². The van der Waals surface area contributed by atoms with Crippen molar-refractivity contribution in [3.05, 3.63) is 0 Å². The van der Waals surface area contributed by atoms with E-state index in [2.05, 4.69) is 17.1 Å². The molecule has 2 rings (SSSR count). The zero-order valence-corrected chi connectivity index (χ0v) is 12.9. The van der Waals surface area contributed by atoms with Gasteiger partial charge < -0.3 is 9.84 Å². The first kappa shape index (κ1) is 15.7. The average molecular weight is 284 g/mol. The lowest BCUT2D eigenvalue weighted by atomic mass is 9.95. The topological polar surface area (TPSA) is 61.8 Å². The fraction of sp³-hybridized carbons (Fsp3) is 0.933. The van der Waals surface area contributed by atoms with Gasteiger partial charge in [-0.25, -0.2) is 0 Å².